The summed E-state index contributed by atoms with van der Waals surface area (Å²) in [7, 11) is 0. The minimum absolute atomic E-state index is 0.194. The van der Waals surface area contributed by atoms with Crippen LogP contribution < -0.4 is 5.32 Å². The Morgan fingerprint density at radius 2 is 1.64 bits per heavy atom. The molecule has 2 atom stereocenters. The first-order valence-corrected chi connectivity index (χ1v) is 8.79. The zero-order chi connectivity index (χ0) is 16.2. The molecule has 0 aromatic carbocycles. The molecule has 0 unspecified atom stereocenters. The molecule has 0 spiro atoms. The van der Waals surface area contributed by atoms with E-state index in [9.17, 15) is 9.59 Å². The van der Waals surface area contributed by atoms with Gasteiger partial charge in [0, 0.05) is 19.4 Å². The summed E-state index contributed by atoms with van der Waals surface area (Å²) in [6.07, 6.45) is 11.5. The number of esters is 1. The van der Waals surface area contributed by atoms with Gasteiger partial charge in [-0.1, -0.05) is 58.3 Å². The smallest absolute Gasteiger partial charge is 0.320 e. The standard InChI is InChI=1S/C17H31NO4/c1-2-3-4-5-6-7-8-9-10-11-16(19)22-14-12-15(17(20)21)18-13-14/h14-15,18H,2-13H2,1H3,(H,20,21)/t14-,15-/m1/s1. The van der Waals surface area contributed by atoms with Crippen molar-refractivity contribution in [2.24, 2.45) is 0 Å². The number of aliphatic carboxylic acids is 1. The molecule has 5 heteroatoms. The predicted octanol–water partition coefficient (Wildman–Crippen LogP) is 3.27. The molecule has 0 radical (unpaired) electrons. The van der Waals surface area contributed by atoms with Gasteiger partial charge in [0.15, 0.2) is 0 Å². The molecule has 1 heterocycles. The lowest BCUT2D eigenvalue weighted by Crippen LogP contribution is -2.30. The van der Waals surface area contributed by atoms with Crippen LogP contribution in [0, 0.1) is 0 Å². The first-order chi connectivity index (χ1) is 10.6. The van der Waals surface area contributed by atoms with E-state index < -0.39 is 12.0 Å². The maximum atomic E-state index is 11.7. The van der Waals surface area contributed by atoms with Crippen molar-refractivity contribution < 1.29 is 19.4 Å². The molecule has 22 heavy (non-hydrogen) atoms. The van der Waals surface area contributed by atoms with E-state index in [1.54, 1.807) is 0 Å². The van der Waals surface area contributed by atoms with Gasteiger partial charge < -0.3 is 15.2 Å². The van der Waals surface area contributed by atoms with Gasteiger partial charge in [-0.2, -0.15) is 0 Å². The van der Waals surface area contributed by atoms with E-state index in [1.807, 2.05) is 0 Å². The Kier molecular flexibility index (Phi) is 9.87. The Morgan fingerprint density at radius 3 is 2.18 bits per heavy atom. The fraction of sp³-hybridized carbons (Fsp3) is 0.882. The molecule has 1 rings (SSSR count). The number of rotatable bonds is 12. The minimum Gasteiger partial charge on any atom is -0.480 e. The molecule has 0 aromatic rings. The van der Waals surface area contributed by atoms with Crippen LogP contribution in [0.2, 0.25) is 0 Å². The van der Waals surface area contributed by atoms with Gasteiger partial charge in [-0.05, 0) is 6.42 Å². The van der Waals surface area contributed by atoms with Crippen molar-refractivity contribution in [2.75, 3.05) is 6.54 Å². The predicted molar refractivity (Wildman–Crippen MR) is 85.8 cm³/mol. The van der Waals surface area contributed by atoms with Crippen LogP contribution in [0.1, 0.15) is 77.6 Å². The third kappa shape index (κ3) is 8.37. The average Bonchev–Trinajstić information content (AvgIpc) is 2.94. The van der Waals surface area contributed by atoms with E-state index in [0.29, 0.717) is 19.4 Å². The second-order valence-electron chi connectivity index (χ2n) is 6.23. The van der Waals surface area contributed by atoms with Gasteiger partial charge in [0.25, 0.3) is 0 Å². The van der Waals surface area contributed by atoms with E-state index in [-0.39, 0.29) is 12.1 Å². The normalized spacial score (nSPS) is 21.0. The van der Waals surface area contributed by atoms with Crippen molar-refractivity contribution in [1.82, 2.24) is 5.32 Å². The first-order valence-electron chi connectivity index (χ1n) is 8.79. The van der Waals surface area contributed by atoms with Gasteiger partial charge in [-0.15, -0.1) is 0 Å². The molecule has 5 nitrogen and oxygen atoms in total. The lowest BCUT2D eigenvalue weighted by molar-refractivity contribution is -0.149. The van der Waals surface area contributed by atoms with Crippen LogP contribution in [0.3, 0.4) is 0 Å². The van der Waals surface area contributed by atoms with Crippen LogP contribution in [-0.2, 0) is 14.3 Å². The highest BCUT2D eigenvalue weighted by atomic mass is 16.5. The molecule has 0 saturated carbocycles. The van der Waals surface area contributed by atoms with Gasteiger partial charge in [-0.25, -0.2) is 0 Å². The number of nitrogens with one attached hydrogen (secondary N) is 1. The van der Waals surface area contributed by atoms with Gasteiger partial charge in [0.2, 0.25) is 0 Å². The Morgan fingerprint density at radius 1 is 1.05 bits per heavy atom. The van der Waals surface area contributed by atoms with Crippen molar-refractivity contribution in [3.63, 3.8) is 0 Å². The number of hydrogen-bond acceptors (Lipinski definition) is 4. The summed E-state index contributed by atoms with van der Waals surface area (Å²) in [5, 5.41) is 11.7. The number of hydrogen-bond donors (Lipinski definition) is 2. The molecular formula is C17H31NO4. The van der Waals surface area contributed by atoms with E-state index in [4.69, 9.17) is 9.84 Å². The van der Waals surface area contributed by atoms with Crippen molar-refractivity contribution in [3.05, 3.63) is 0 Å². The molecule has 128 valence electrons. The van der Waals surface area contributed by atoms with E-state index in [2.05, 4.69) is 12.2 Å². The van der Waals surface area contributed by atoms with Crippen molar-refractivity contribution >= 4 is 11.9 Å². The second kappa shape index (κ2) is 11.5. The molecule has 0 amide bonds. The van der Waals surface area contributed by atoms with Gasteiger partial charge >= 0.3 is 11.9 Å². The fourth-order valence-corrected chi connectivity index (χ4v) is 2.81. The third-order valence-corrected chi connectivity index (χ3v) is 4.17. The molecule has 0 aromatic heterocycles. The Bertz CT molecular complexity index is 333. The topological polar surface area (TPSA) is 75.6 Å². The number of carbonyl (C=O) groups is 2. The number of carbonyl (C=O) groups excluding carboxylic acids is 1. The lowest BCUT2D eigenvalue weighted by Gasteiger charge is -2.10. The SMILES string of the molecule is CCCCCCCCCCCC(=O)O[C@H]1CN[C@@H](C(=O)O)C1. The summed E-state index contributed by atoms with van der Waals surface area (Å²) in [6.45, 7) is 2.67. The van der Waals surface area contributed by atoms with Crippen LogP contribution in [0.4, 0.5) is 0 Å². The Hall–Kier alpha value is -1.10. The van der Waals surface area contributed by atoms with Crippen LogP contribution in [-0.4, -0.2) is 35.7 Å². The average molecular weight is 313 g/mol. The summed E-state index contributed by atoms with van der Waals surface area (Å²) in [4.78, 5) is 22.5. The van der Waals surface area contributed by atoms with Gasteiger partial charge in [-0.3, -0.25) is 9.59 Å². The van der Waals surface area contributed by atoms with E-state index >= 15 is 0 Å². The quantitative estimate of drug-likeness (QED) is 0.427. The number of carboxylic acids is 1. The maximum Gasteiger partial charge on any atom is 0.320 e. The van der Waals surface area contributed by atoms with Crippen molar-refractivity contribution in [2.45, 2.75) is 89.7 Å². The van der Waals surface area contributed by atoms with Gasteiger partial charge in [0.05, 0.1) is 0 Å². The molecule has 2 N–H and O–H groups in total. The van der Waals surface area contributed by atoms with Crippen LogP contribution in [0.25, 0.3) is 0 Å². The largest absolute Gasteiger partial charge is 0.480 e. The van der Waals surface area contributed by atoms with E-state index in [1.165, 1.54) is 44.9 Å². The van der Waals surface area contributed by atoms with Gasteiger partial charge in [0.1, 0.15) is 12.1 Å². The minimum atomic E-state index is -0.877. The Labute approximate surface area is 133 Å². The summed E-state index contributed by atoms with van der Waals surface area (Å²) in [6, 6.07) is -0.578. The zero-order valence-electron chi connectivity index (χ0n) is 13.8. The van der Waals surface area contributed by atoms with Crippen molar-refractivity contribution in [3.8, 4) is 0 Å². The molecule has 0 bridgehead atoms. The summed E-state index contributed by atoms with van der Waals surface area (Å²) >= 11 is 0. The third-order valence-electron chi connectivity index (χ3n) is 4.17. The van der Waals surface area contributed by atoms with Crippen LogP contribution >= 0.6 is 0 Å². The first kappa shape index (κ1) is 18.9. The molecular weight excluding hydrogens is 282 g/mol. The molecule has 1 aliphatic rings. The Balaban J connectivity index is 1.93. The summed E-state index contributed by atoms with van der Waals surface area (Å²) < 4.78 is 5.30. The molecule has 0 aliphatic carbocycles. The summed E-state index contributed by atoms with van der Waals surface area (Å²) in [5.74, 6) is -1.07. The zero-order valence-corrected chi connectivity index (χ0v) is 13.8. The molecule has 1 saturated heterocycles. The highest BCUT2D eigenvalue weighted by Gasteiger charge is 2.31. The molecule has 1 aliphatic heterocycles. The highest BCUT2D eigenvalue weighted by Crippen LogP contribution is 2.14. The number of ether oxygens (including phenoxy) is 1. The van der Waals surface area contributed by atoms with E-state index in [0.717, 1.165) is 12.8 Å². The maximum absolute atomic E-state index is 11.7. The lowest BCUT2D eigenvalue weighted by atomic mass is 10.1. The fourth-order valence-electron chi connectivity index (χ4n) is 2.81. The monoisotopic (exact) mass is 313 g/mol. The highest BCUT2D eigenvalue weighted by molar-refractivity contribution is 5.74. The summed E-state index contributed by atoms with van der Waals surface area (Å²) in [5.41, 5.74) is 0. The second-order valence-corrected chi connectivity index (χ2v) is 6.23. The molecule has 1 fully saturated rings. The number of carboxylic acid groups (broad SMARTS) is 1. The number of unbranched alkanes of at least 4 members (excludes halogenated alkanes) is 8. The van der Waals surface area contributed by atoms with Crippen LogP contribution in [0.5, 0.6) is 0 Å². The van der Waals surface area contributed by atoms with Crippen LogP contribution in [0.15, 0.2) is 0 Å². The van der Waals surface area contributed by atoms with Crippen molar-refractivity contribution in [1.29, 1.82) is 0 Å².